The zero-order valence-electron chi connectivity index (χ0n) is 19.0. The maximum atomic E-state index is 12.8. The van der Waals surface area contributed by atoms with Crippen molar-refractivity contribution in [3.8, 4) is 0 Å². The molecule has 0 fully saturated rings. The highest BCUT2D eigenvalue weighted by Gasteiger charge is 2.25. The van der Waals surface area contributed by atoms with Gasteiger partial charge in [0.15, 0.2) is 0 Å². The van der Waals surface area contributed by atoms with Crippen molar-refractivity contribution in [2.75, 3.05) is 5.32 Å². The van der Waals surface area contributed by atoms with Crippen LogP contribution in [0.1, 0.15) is 55.6 Å². The molecule has 6 heteroatoms. The standard InChI is InChI=1S/C25H33N3O3/c1-16(2)13-22(29)27-20-11-8-10-19(14-20)15-26-25(31)23(17(3)4)28-24(30)21-12-7-6-9-18(21)5/h6-12,14,16-17,23H,13,15H2,1-5H3,(H,26,31)(H,27,29)(H,28,30). The van der Waals surface area contributed by atoms with Gasteiger partial charge in [-0.2, -0.15) is 0 Å². The van der Waals surface area contributed by atoms with Gasteiger partial charge in [-0.15, -0.1) is 0 Å². The quantitative estimate of drug-likeness (QED) is 0.569. The molecule has 0 aliphatic carbocycles. The number of benzene rings is 2. The Kier molecular flexibility index (Phi) is 8.79. The van der Waals surface area contributed by atoms with Gasteiger partial charge in [0, 0.05) is 24.2 Å². The second kappa shape index (κ2) is 11.3. The van der Waals surface area contributed by atoms with E-state index >= 15 is 0 Å². The molecule has 0 saturated heterocycles. The molecule has 0 aromatic heterocycles. The summed E-state index contributed by atoms with van der Waals surface area (Å²) in [5.41, 5.74) is 2.99. The predicted molar refractivity (Wildman–Crippen MR) is 124 cm³/mol. The molecule has 2 rings (SSSR count). The fourth-order valence-electron chi connectivity index (χ4n) is 3.22. The van der Waals surface area contributed by atoms with Crippen molar-refractivity contribution in [2.45, 2.75) is 53.6 Å². The lowest BCUT2D eigenvalue weighted by atomic mass is 10.0. The van der Waals surface area contributed by atoms with E-state index in [-0.39, 0.29) is 29.6 Å². The van der Waals surface area contributed by atoms with Crippen molar-refractivity contribution >= 4 is 23.4 Å². The maximum Gasteiger partial charge on any atom is 0.252 e. The van der Waals surface area contributed by atoms with E-state index in [0.29, 0.717) is 24.2 Å². The lowest BCUT2D eigenvalue weighted by Crippen LogP contribution is -2.49. The molecular weight excluding hydrogens is 390 g/mol. The number of hydrogen-bond donors (Lipinski definition) is 3. The maximum absolute atomic E-state index is 12.8. The van der Waals surface area contributed by atoms with Crippen molar-refractivity contribution in [3.63, 3.8) is 0 Å². The minimum atomic E-state index is -0.652. The minimum Gasteiger partial charge on any atom is -0.350 e. The largest absolute Gasteiger partial charge is 0.350 e. The molecule has 166 valence electrons. The molecule has 6 nitrogen and oxygen atoms in total. The summed E-state index contributed by atoms with van der Waals surface area (Å²) in [4.78, 5) is 37.4. The molecule has 1 atom stereocenters. The van der Waals surface area contributed by atoms with Crippen LogP contribution in [-0.4, -0.2) is 23.8 Å². The molecule has 2 aromatic rings. The third-order valence-electron chi connectivity index (χ3n) is 4.90. The van der Waals surface area contributed by atoms with Gasteiger partial charge in [-0.05, 0) is 48.1 Å². The first-order valence-corrected chi connectivity index (χ1v) is 10.7. The molecule has 0 bridgehead atoms. The van der Waals surface area contributed by atoms with E-state index < -0.39 is 6.04 Å². The van der Waals surface area contributed by atoms with Crippen molar-refractivity contribution in [3.05, 3.63) is 65.2 Å². The second-order valence-corrected chi connectivity index (χ2v) is 8.57. The normalized spacial score (nSPS) is 11.8. The number of nitrogens with one attached hydrogen (secondary N) is 3. The topological polar surface area (TPSA) is 87.3 Å². The van der Waals surface area contributed by atoms with Crippen LogP contribution in [0, 0.1) is 18.8 Å². The highest BCUT2D eigenvalue weighted by molar-refractivity contribution is 5.98. The van der Waals surface area contributed by atoms with Crippen molar-refractivity contribution in [1.82, 2.24) is 10.6 Å². The van der Waals surface area contributed by atoms with Gasteiger partial charge in [-0.3, -0.25) is 14.4 Å². The Morgan fingerprint density at radius 1 is 0.935 bits per heavy atom. The molecule has 0 aliphatic rings. The monoisotopic (exact) mass is 423 g/mol. The average molecular weight is 424 g/mol. The molecule has 0 saturated carbocycles. The molecule has 0 radical (unpaired) electrons. The SMILES string of the molecule is Cc1ccccc1C(=O)NC(C(=O)NCc1cccc(NC(=O)CC(C)C)c1)C(C)C. The molecule has 0 heterocycles. The Balaban J connectivity index is 1.99. The van der Waals surface area contributed by atoms with Crippen LogP contribution in [0.25, 0.3) is 0 Å². The van der Waals surface area contributed by atoms with Crippen LogP contribution >= 0.6 is 0 Å². The van der Waals surface area contributed by atoms with Crippen LogP contribution in [0.3, 0.4) is 0 Å². The summed E-state index contributed by atoms with van der Waals surface area (Å²) in [5, 5.41) is 8.64. The van der Waals surface area contributed by atoms with Crippen LogP contribution in [0.15, 0.2) is 48.5 Å². The number of anilines is 1. The Bertz CT molecular complexity index is 922. The van der Waals surface area contributed by atoms with E-state index in [1.807, 2.05) is 71.0 Å². The number of hydrogen-bond acceptors (Lipinski definition) is 3. The lowest BCUT2D eigenvalue weighted by Gasteiger charge is -2.22. The Morgan fingerprint density at radius 2 is 1.65 bits per heavy atom. The van der Waals surface area contributed by atoms with Crippen molar-refractivity contribution in [2.24, 2.45) is 11.8 Å². The van der Waals surface area contributed by atoms with Gasteiger partial charge >= 0.3 is 0 Å². The lowest BCUT2D eigenvalue weighted by molar-refractivity contribution is -0.124. The van der Waals surface area contributed by atoms with Crippen LogP contribution in [0.2, 0.25) is 0 Å². The fraction of sp³-hybridized carbons (Fsp3) is 0.400. The molecule has 1 unspecified atom stereocenters. The van der Waals surface area contributed by atoms with Crippen LogP contribution in [0.4, 0.5) is 5.69 Å². The number of amides is 3. The number of rotatable bonds is 9. The third kappa shape index (κ3) is 7.55. The highest BCUT2D eigenvalue weighted by atomic mass is 16.2. The molecular formula is C25H33N3O3. The molecule has 0 aliphatic heterocycles. The Morgan fingerprint density at radius 3 is 2.29 bits per heavy atom. The van der Waals surface area contributed by atoms with Gasteiger partial charge in [0.25, 0.3) is 5.91 Å². The molecule has 2 aromatic carbocycles. The van der Waals surface area contributed by atoms with Gasteiger partial charge in [0.2, 0.25) is 11.8 Å². The summed E-state index contributed by atoms with van der Waals surface area (Å²) in [6.07, 6.45) is 0.456. The number of carbonyl (C=O) groups excluding carboxylic acids is 3. The zero-order chi connectivity index (χ0) is 23.0. The smallest absolute Gasteiger partial charge is 0.252 e. The summed E-state index contributed by atoms with van der Waals surface area (Å²) in [7, 11) is 0. The summed E-state index contributed by atoms with van der Waals surface area (Å²) in [6, 6.07) is 14.0. The second-order valence-electron chi connectivity index (χ2n) is 8.57. The minimum absolute atomic E-state index is 0.0324. The van der Waals surface area contributed by atoms with Gasteiger partial charge in [0.1, 0.15) is 6.04 Å². The van der Waals surface area contributed by atoms with Crippen molar-refractivity contribution in [1.29, 1.82) is 0 Å². The molecule has 3 N–H and O–H groups in total. The summed E-state index contributed by atoms with van der Waals surface area (Å²) in [6.45, 7) is 9.95. The zero-order valence-corrected chi connectivity index (χ0v) is 19.0. The van der Waals surface area contributed by atoms with E-state index in [2.05, 4.69) is 16.0 Å². The van der Waals surface area contributed by atoms with E-state index in [9.17, 15) is 14.4 Å². The van der Waals surface area contributed by atoms with E-state index in [4.69, 9.17) is 0 Å². The summed E-state index contributed by atoms with van der Waals surface area (Å²) < 4.78 is 0. The Labute approximate surface area is 184 Å². The first-order valence-electron chi connectivity index (χ1n) is 10.7. The summed E-state index contributed by atoms with van der Waals surface area (Å²) >= 11 is 0. The van der Waals surface area contributed by atoms with Gasteiger partial charge in [-0.1, -0.05) is 58.0 Å². The van der Waals surface area contributed by atoms with E-state index in [0.717, 1.165) is 11.1 Å². The van der Waals surface area contributed by atoms with Crippen molar-refractivity contribution < 1.29 is 14.4 Å². The highest BCUT2D eigenvalue weighted by Crippen LogP contribution is 2.13. The molecule has 3 amide bonds. The molecule has 31 heavy (non-hydrogen) atoms. The third-order valence-corrected chi connectivity index (χ3v) is 4.90. The summed E-state index contributed by atoms with van der Waals surface area (Å²) in [5.74, 6) is -0.331. The first kappa shape index (κ1) is 24.1. The molecule has 0 spiro atoms. The van der Waals surface area contributed by atoms with Gasteiger partial charge in [-0.25, -0.2) is 0 Å². The predicted octanol–water partition coefficient (Wildman–Crippen LogP) is 4.05. The average Bonchev–Trinajstić information content (AvgIpc) is 2.69. The number of carbonyl (C=O) groups is 3. The Hall–Kier alpha value is -3.15. The van der Waals surface area contributed by atoms with Gasteiger partial charge < -0.3 is 16.0 Å². The van der Waals surface area contributed by atoms with Gasteiger partial charge in [0.05, 0.1) is 0 Å². The van der Waals surface area contributed by atoms with Crippen LogP contribution in [0.5, 0.6) is 0 Å². The number of aryl methyl sites for hydroxylation is 1. The fourth-order valence-corrected chi connectivity index (χ4v) is 3.22. The van der Waals surface area contributed by atoms with E-state index in [1.54, 1.807) is 12.1 Å². The van der Waals surface area contributed by atoms with E-state index in [1.165, 1.54) is 0 Å². The van der Waals surface area contributed by atoms with Crippen LogP contribution < -0.4 is 16.0 Å². The first-order chi connectivity index (χ1) is 14.7. The van der Waals surface area contributed by atoms with Crippen LogP contribution in [-0.2, 0) is 16.1 Å².